The van der Waals surface area contributed by atoms with E-state index in [0.717, 1.165) is 37.1 Å². The molecule has 25 heavy (non-hydrogen) atoms. The molecule has 0 amide bonds. The molecule has 0 unspecified atom stereocenters. The highest BCUT2D eigenvalue weighted by Crippen LogP contribution is 2.28. The van der Waals surface area contributed by atoms with E-state index in [9.17, 15) is 4.39 Å². The summed E-state index contributed by atoms with van der Waals surface area (Å²) in [6.45, 7) is 1.97. The third-order valence-electron chi connectivity index (χ3n) is 3.76. The lowest BCUT2D eigenvalue weighted by atomic mass is 10.2. The first-order valence-electron chi connectivity index (χ1n) is 8.34. The molecule has 2 aromatic carbocycles. The number of rotatable bonds is 10. The number of methoxy groups -OCH3 is 1. The quantitative estimate of drug-likeness (QED) is 0.658. The molecule has 0 aliphatic heterocycles. The van der Waals surface area contributed by atoms with Gasteiger partial charge in [0.05, 0.1) is 13.2 Å². The largest absolute Gasteiger partial charge is 0.493 e. The van der Waals surface area contributed by atoms with Crippen molar-refractivity contribution in [2.24, 2.45) is 0 Å². The van der Waals surface area contributed by atoms with Crippen molar-refractivity contribution in [2.75, 3.05) is 13.7 Å². The molecular weight excluding hydrogens is 319 g/mol. The van der Waals surface area contributed by atoms with Crippen LogP contribution in [0.5, 0.6) is 11.5 Å². The van der Waals surface area contributed by atoms with E-state index >= 15 is 0 Å². The average Bonchev–Trinajstić information content (AvgIpc) is 2.64. The molecule has 0 radical (unpaired) electrons. The predicted octanol–water partition coefficient (Wildman–Crippen LogP) is 4.20. The molecule has 0 fully saturated rings. The van der Waals surface area contributed by atoms with Crippen molar-refractivity contribution < 1.29 is 13.9 Å². The number of nitriles is 1. The lowest BCUT2D eigenvalue weighted by molar-refractivity contribution is 0.284. The molecule has 0 heterocycles. The van der Waals surface area contributed by atoms with Gasteiger partial charge in [0, 0.05) is 13.0 Å². The summed E-state index contributed by atoms with van der Waals surface area (Å²) in [7, 11) is 1.61. The maximum absolute atomic E-state index is 12.9. The lowest BCUT2D eigenvalue weighted by Crippen LogP contribution is -2.14. The number of benzene rings is 2. The van der Waals surface area contributed by atoms with Crippen molar-refractivity contribution in [3.05, 3.63) is 59.4 Å². The molecule has 2 rings (SSSR count). The van der Waals surface area contributed by atoms with Crippen LogP contribution < -0.4 is 14.8 Å². The molecule has 1 N–H and O–H groups in total. The highest BCUT2D eigenvalue weighted by atomic mass is 19.1. The minimum Gasteiger partial charge on any atom is -0.493 e. The first-order chi connectivity index (χ1) is 12.2. The molecular formula is C20H23FN2O2. The summed E-state index contributed by atoms with van der Waals surface area (Å²) >= 11 is 0. The molecule has 4 nitrogen and oxygen atoms in total. The van der Waals surface area contributed by atoms with Crippen LogP contribution in [-0.4, -0.2) is 13.7 Å². The van der Waals surface area contributed by atoms with Gasteiger partial charge in [-0.3, -0.25) is 0 Å². The molecule has 0 saturated heterocycles. The van der Waals surface area contributed by atoms with Gasteiger partial charge < -0.3 is 14.8 Å². The van der Waals surface area contributed by atoms with Gasteiger partial charge in [0.2, 0.25) is 0 Å². The van der Waals surface area contributed by atoms with Crippen LogP contribution in [0, 0.1) is 17.1 Å². The first kappa shape index (κ1) is 18.8. The Kier molecular flexibility index (Phi) is 7.74. The summed E-state index contributed by atoms with van der Waals surface area (Å²) in [5.74, 6) is 1.07. The molecule has 132 valence electrons. The second kappa shape index (κ2) is 10.3. The highest BCUT2D eigenvalue weighted by molar-refractivity contribution is 5.43. The van der Waals surface area contributed by atoms with Gasteiger partial charge >= 0.3 is 0 Å². The summed E-state index contributed by atoms with van der Waals surface area (Å²) in [5.41, 5.74) is 2.00. The summed E-state index contributed by atoms with van der Waals surface area (Å²) in [6.07, 6.45) is 2.52. The molecule has 0 spiro atoms. The van der Waals surface area contributed by atoms with Crippen LogP contribution in [-0.2, 0) is 13.2 Å². The number of unbranched alkanes of at least 4 members (excludes halogenated alkanes) is 2. The lowest BCUT2D eigenvalue weighted by Gasteiger charge is -2.13. The third kappa shape index (κ3) is 6.44. The fourth-order valence-electron chi connectivity index (χ4n) is 2.37. The van der Waals surface area contributed by atoms with Crippen molar-refractivity contribution >= 4 is 0 Å². The Morgan fingerprint density at radius 2 is 1.80 bits per heavy atom. The van der Waals surface area contributed by atoms with Crippen molar-refractivity contribution in [3.8, 4) is 17.6 Å². The number of nitrogens with one attached hydrogen (secondary N) is 1. The van der Waals surface area contributed by atoms with Gasteiger partial charge in [0.25, 0.3) is 0 Å². The van der Waals surface area contributed by atoms with E-state index in [2.05, 4.69) is 11.4 Å². The summed E-state index contributed by atoms with van der Waals surface area (Å²) in [4.78, 5) is 0. The van der Waals surface area contributed by atoms with Crippen LogP contribution in [0.15, 0.2) is 42.5 Å². The van der Waals surface area contributed by atoms with Gasteiger partial charge in [-0.25, -0.2) is 4.39 Å². The van der Waals surface area contributed by atoms with E-state index in [1.54, 1.807) is 19.2 Å². The molecule has 0 saturated carbocycles. The van der Waals surface area contributed by atoms with Crippen LogP contribution in [0.2, 0.25) is 0 Å². The minimum absolute atomic E-state index is 0.259. The topological polar surface area (TPSA) is 54.3 Å². The number of nitrogens with zero attached hydrogens (tertiary/aromatic N) is 1. The van der Waals surface area contributed by atoms with E-state index < -0.39 is 0 Å². The van der Waals surface area contributed by atoms with E-state index in [-0.39, 0.29) is 5.82 Å². The number of hydrogen-bond acceptors (Lipinski definition) is 4. The number of ether oxygens (including phenoxy) is 2. The van der Waals surface area contributed by atoms with Crippen molar-refractivity contribution in [1.29, 1.82) is 5.26 Å². The molecule has 0 bridgehead atoms. The summed E-state index contributed by atoms with van der Waals surface area (Å²) in [6, 6.07) is 14.2. The minimum atomic E-state index is -0.259. The van der Waals surface area contributed by atoms with Crippen LogP contribution >= 0.6 is 0 Å². The molecule has 0 aliphatic carbocycles. The van der Waals surface area contributed by atoms with E-state index in [4.69, 9.17) is 14.7 Å². The normalized spacial score (nSPS) is 10.3. The zero-order valence-electron chi connectivity index (χ0n) is 14.4. The zero-order valence-corrected chi connectivity index (χ0v) is 14.4. The Balaban J connectivity index is 1.85. The number of hydrogen-bond donors (Lipinski definition) is 1. The Morgan fingerprint density at radius 1 is 1.04 bits per heavy atom. The van der Waals surface area contributed by atoms with Gasteiger partial charge in [-0.1, -0.05) is 18.2 Å². The fraction of sp³-hybridized carbons (Fsp3) is 0.350. The first-order valence-corrected chi connectivity index (χ1v) is 8.34. The van der Waals surface area contributed by atoms with Crippen LogP contribution in [0.1, 0.15) is 30.4 Å². The van der Waals surface area contributed by atoms with E-state index in [1.165, 1.54) is 12.1 Å². The van der Waals surface area contributed by atoms with E-state index in [1.807, 2.05) is 18.2 Å². The highest BCUT2D eigenvalue weighted by Gasteiger charge is 2.06. The van der Waals surface area contributed by atoms with Gasteiger partial charge in [-0.05, 0) is 54.8 Å². The van der Waals surface area contributed by atoms with E-state index in [0.29, 0.717) is 24.5 Å². The average molecular weight is 342 g/mol. The third-order valence-corrected chi connectivity index (χ3v) is 3.76. The monoisotopic (exact) mass is 342 g/mol. The van der Waals surface area contributed by atoms with Crippen LogP contribution in [0.3, 0.4) is 0 Å². The Labute approximate surface area is 148 Å². The van der Waals surface area contributed by atoms with Crippen molar-refractivity contribution in [2.45, 2.75) is 32.4 Å². The molecule has 0 atom stereocenters. The van der Waals surface area contributed by atoms with Gasteiger partial charge in [-0.2, -0.15) is 5.26 Å². The Hall–Kier alpha value is -2.58. The SMILES string of the molecule is COc1cc(CNCCCCC#N)ccc1OCc1ccc(F)cc1. The van der Waals surface area contributed by atoms with Crippen LogP contribution in [0.25, 0.3) is 0 Å². The second-order valence-electron chi connectivity index (χ2n) is 5.69. The van der Waals surface area contributed by atoms with Crippen molar-refractivity contribution in [1.82, 2.24) is 5.32 Å². The predicted molar refractivity (Wildman–Crippen MR) is 94.9 cm³/mol. The zero-order chi connectivity index (χ0) is 17.9. The molecule has 2 aromatic rings. The maximum Gasteiger partial charge on any atom is 0.161 e. The van der Waals surface area contributed by atoms with Crippen LogP contribution in [0.4, 0.5) is 4.39 Å². The van der Waals surface area contributed by atoms with Gasteiger partial charge in [-0.15, -0.1) is 0 Å². The summed E-state index contributed by atoms with van der Waals surface area (Å²) in [5, 5.41) is 11.9. The maximum atomic E-state index is 12.9. The summed E-state index contributed by atoms with van der Waals surface area (Å²) < 4.78 is 24.1. The fourth-order valence-corrected chi connectivity index (χ4v) is 2.37. The Morgan fingerprint density at radius 3 is 2.52 bits per heavy atom. The standard InChI is InChI=1S/C20H23FN2O2/c1-24-20-13-17(14-23-12-4-2-3-11-22)7-10-19(20)25-15-16-5-8-18(21)9-6-16/h5-10,13,23H,2-4,12,14-15H2,1H3. The Bertz CT molecular complexity index is 696. The smallest absolute Gasteiger partial charge is 0.161 e. The molecule has 0 aromatic heterocycles. The number of halogens is 1. The van der Waals surface area contributed by atoms with Crippen molar-refractivity contribution in [3.63, 3.8) is 0 Å². The molecule has 0 aliphatic rings. The second-order valence-corrected chi connectivity index (χ2v) is 5.69. The van der Waals surface area contributed by atoms with Gasteiger partial charge in [0.1, 0.15) is 12.4 Å². The molecule has 5 heteroatoms. The van der Waals surface area contributed by atoms with Gasteiger partial charge in [0.15, 0.2) is 11.5 Å².